The maximum atomic E-state index is 12.8. The number of nitrogens with zero attached hydrogens (tertiary/aromatic N) is 1. The van der Waals surface area contributed by atoms with Crippen LogP contribution in [0.3, 0.4) is 0 Å². The third-order valence-corrected chi connectivity index (χ3v) is 6.38. The molecule has 2 rings (SSSR count). The van der Waals surface area contributed by atoms with Gasteiger partial charge >= 0.3 is 17.9 Å². The minimum Gasteiger partial charge on any atom is -0.496 e. The van der Waals surface area contributed by atoms with Gasteiger partial charge in [0.25, 0.3) is 0 Å². The molecule has 1 heterocycles. The molecule has 0 atom stereocenters. The van der Waals surface area contributed by atoms with E-state index in [1.165, 1.54) is 0 Å². The molecule has 0 unspecified atom stereocenters. The van der Waals surface area contributed by atoms with E-state index in [4.69, 9.17) is 18.9 Å². The lowest BCUT2D eigenvalue weighted by atomic mass is 9.93. The Morgan fingerprint density at radius 2 is 1.78 bits per heavy atom. The summed E-state index contributed by atoms with van der Waals surface area (Å²) < 4.78 is 22.1. The Kier molecular flexibility index (Phi) is 10.5. The number of allylic oxidation sites excluding steroid dienone is 2. The number of benzene rings is 1. The van der Waals surface area contributed by atoms with Crippen molar-refractivity contribution in [3.8, 4) is 11.5 Å². The zero-order chi connectivity index (χ0) is 27.0. The molecule has 0 fully saturated rings. The summed E-state index contributed by atoms with van der Waals surface area (Å²) in [5.41, 5.74) is 2.56. The number of ether oxygens (including phenoxy) is 4. The maximum absolute atomic E-state index is 12.8. The molecule has 0 saturated heterocycles. The smallest absolute Gasteiger partial charge is 0.342 e. The second kappa shape index (κ2) is 12.9. The van der Waals surface area contributed by atoms with Gasteiger partial charge in [0.15, 0.2) is 5.75 Å². The van der Waals surface area contributed by atoms with Crippen LogP contribution in [0.2, 0.25) is 0 Å². The van der Waals surface area contributed by atoms with E-state index in [1.807, 2.05) is 19.9 Å². The van der Waals surface area contributed by atoms with Gasteiger partial charge < -0.3 is 23.8 Å². The van der Waals surface area contributed by atoms with Crippen molar-refractivity contribution in [3.63, 3.8) is 0 Å². The number of carbonyl (C=O) groups excluding carboxylic acids is 3. The Bertz CT molecular complexity index is 1000. The lowest BCUT2D eigenvalue weighted by Crippen LogP contribution is -2.27. The van der Waals surface area contributed by atoms with Crippen LogP contribution in [0.4, 0.5) is 0 Å². The van der Waals surface area contributed by atoms with Gasteiger partial charge in [-0.15, -0.1) is 0 Å². The number of carbonyl (C=O) groups is 3. The third kappa shape index (κ3) is 7.32. The van der Waals surface area contributed by atoms with Gasteiger partial charge in [-0.25, -0.2) is 4.79 Å². The van der Waals surface area contributed by atoms with Crippen molar-refractivity contribution < 1.29 is 33.3 Å². The quantitative estimate of drug-likeness (QED) is 0.229. The summed E-state index contributed by atoms with van der Waals surface area (Å²) >= 11 is 0. The van der Waals surface area contributed by atoms with E-state index in [0.29, 0.717) is 36.3 Å². The first-order valence-corrected chi connectivity index (χ1v) is 12.6. The van der Waals surface area contributed by atoms with Gasteiger partial charge in [0.2, 0.25) is 0 Å². The Morgan fingerprint density at radius 3 is 2.36 bits per heavy atom. The number of methoxy groups -OCH3 is 1. The van der Waals surface area contributed by atoms with Gasteiger partial charge in [-0.2, -0.15) is 0 Å². The monoisotopic (exact) mass is 503 g/mol. The molecule has 0 aromatic heterocycles. The maximum Gasteiger partial charge on any atom is 0.342 e. The SMILES string of the molecule is CCN(CC)CCOC(=O)CC/C(C)=C/Cc1c(OC)c(C)c2c(c1OC(=O)C(C)(C)C)C(=O)OC2. The van der Waals surface area contributed by atoms with Crippen LogP contribution in [0.15, 0.2) is 11.6 Å². The Hall–Kier alpha value is -2.87. The number of cyclic esters (lactones) is 1. The second-order valence-corrected chi connectivity index (χ2v) is 10.0. The summed E-state index contributed by atoms with van der Waals surface area (Å²) in [5.74, 6) is -0.451. The highest BCUT2D eigenvalue weighted by Gasteiger charge is 2.35. The van der Waals surface area contributed by atoms with Crippen molar-refractivity contribution in [2.75, 3.05) is 33.4 Å². The number of hydrogen-bond donors (Lipinski definition) is 0. The van der Waals surface area contributed by atoms with Crippen molar-refractivity contribution in [1.29, 1.82) is 0 Å². The molecule has 8 heteroatoms. The topological polar surface area (TPSA) is 91.4 Å². The van der Waals surface area contributed by atoms with E-state index in [0.717, 1.165) is 30.8 Å². The van der Waals surface area contributed by atoms with Gasteiger partial charge in [-0.1, -0.05) is 25.5 Å². The molecule has 200 valence electrons. The van der Waals surface area contributed by atoms with E-state index in [1.54, 1.807) is 27.9 Å². The van der Waals surface area contributed by atoms with Crippen LogP contribution < -0.4 is 9.47 Å². The lowest BCUT2D eigenvalue weighted by molar-refractivity contribution is -0.144. The fourth-order valence-electron chi connectivity index (χ4n) is 3.95. The highest BCUT2D eigenvalue weighted by atomic mass is 16.6. The van der Waals surface area contributed by atoms with E-state index in [9.17, 15) is 14.4 Å². The molecule has 0 radical (unpaired) electrons. The first-order chi connectivity index (χ1) is 16.9. The van der Waals surface area contributed by atoms with Crippen LogP contribution in [0.5, 0.6) is 11.5 Å². The molecule has 0 N–H and O–H groups in total. The predicted octanol–water partition coefficient (Wildman–Crippen LogP) is 4.78. The molecule has 0 aliphatic carbocycles. The van der Waals surface area contributed by atoms with Gasteiger partial charge in [0.05, 0.1) is 12.5 Å². The largest absolute Gasteiger partial charge is 0.496 e. The minimum atomic E-state index is -0.762. The van der Waals surface area contributed by atoms with Gasteiger partial charge in [0, 0.05) is 24.1 Å². The molecule has 1 aromatic rings. The molecular weight excluding hydrogens is 462 g/mol. The first kappa shape index (κ1) is 29.4. The average molecular weight is 504 g/mol. The van der Waals surface area contributed by atoms with Crippen molar-refractivity contribution in [2.45, 2.75) is 74.3 Å². The van der Waals surface area contributed by atoms with Gasteiger partial charge in [0.1, 0.15) is 24.5 Å². The van der Waals surface area contributed by atoms with Crippen LogP contribution in [0.25, 0.3) is 0 Å². The van der Waals surface area contributed by atoms with Crippen molar-refractivity contribution >= 4 is 17.9 Å². The Morgan fingerprint density at radius 1 is 1.11 bits per heavy atom. The molecule has 8 nitrogen and oxygen atoms in total. The highest BCUT2D eigenvalue weighted by molar-refractivity contribution is 5.99. The van der Waals surface area contributed by atoms with Crippen LogP contribution >= 0.6 is 0 Å². The summed E-state index contributed by atoms with van der Waals surface area (Å²) in [6.07, 6.45) is 3.14. The molecule has 1 aliphatic heterocycles. The highest BCUT2D eigenvalue weighted by Crippen LogP contribution is 2.43. The third-order valence-electron chi connectivity index (χ3n) is 6.38. The summed E-state index contributed by atoms with van der Waals surface area (Å²) in [7, 11) is 1.55. The number of likely N-dealkylation sites (N-methyl/N-ethyl adjacent to an activating group) is 1. The van der Waals surface area contributed by atoms with Crippen LogP contribution in [-0.4, -0.2) is 56.2 Å². The summed E-state index contributed by atoms with van der Waals surface area (Å²) in [4.78, 5) is 39.7. The molecule has 1 aliphatic rings. The van der Waals surface area contributed by atoms with Gasteiger partial charge in [-0.05, 0) is 66.1 Å². The molecule has 1 aromatic carbocycles. The van der Waals surface area contributed by atoms with Crippen LogP contribution in [0.1, 0.15) is 81.4 Å². The lowest BCUT2D eigenvalue weighted by Gasteiger charge is -2.22. The van der Waals surface area contributed by atoms with Crippen molar-refractivity contribution in [3.05, 3.63) is 33.9 Å². The fraction of sp³-hybridized carbons (Fsp3) is 0.607. The molecular formula is C28H41NO7. The number of hydrogen-bond acceptors (Lipinski definition) is 8. The zero-order valence-corrected chi connectivity index (χ0v) is 23.0. The second-order valence-electron chi connectivity index (χ2n) is 10.0. The minimum absolute atomic E-state index is 0.113. The normalized spacial score (nSPS) is 13.5. The van der Waals surface area contributed by atoms with E-state index >= 15 is 0 Å². The molecule has 0 saturated carbocycles. The summed E-state index contributed by atoms with van der Waals surface area (Å²) in [6.45, 7) is 16.3. The van der Waals surface area contributed by atoms with Gasteiger partial charge in [-0.3, -0.25) is 9.59 Å². The number of fused-ring (bicyclic) bond motifs is 1. The molecule has 0 amide bonds. The number of rotatable bonds is 12. The molecule has 36 heavy (non-hydrogen) atoms. The Labute approximate surface area is 214 Å². The van der Waals surface area contributed by atoms with Crippen LogP contribution in [0, 0.1) is 12.3 Å². The van der Waals surface area contributed by atoms with Crippen molar-refractivity contribution in [1.82, 2.24) is 4.90 Å². The average Bonchev–Trinajstić information content (AvgIpc) is 3.22. The standard InChI is InChI=1S/C28H41NO7/c1-9-29(10-2)15-16-34-22(30)14-12-18(3)11-13-20-24(33-8)19(4)21-17-35-26(31)23(21)25(20)36-27(32)28(5,6)7/h11H,9-10,12-17H2,1-8H3/b18-11+. The van der Waals surface area contributed by atoms with E-state index in [-0.39, 0.29) is 30.3 Å². The van der Waals surface area contributed by atoms with E-state index < -0.39 is 17.4 Å². The predicted molar refractivity (Wildman–Crippen MR) is 137 cm³/mol. The number of esters is 3. The summed E-state index contributed by atoms with van der Waals surface area (Å²) in [6, 6.07) is 0. The molecule has 0 spiro atoms. The van der Waals surface area contributed by atoms with Crippen molar-refractivity contribution in [2.24, 2.45) is 5.41 Å². The zero-order valence-electron chi connectivity index (χ0n) is 23.0. The van der Waals surface area contributed by atoms with E-state index in [2.05, 4.69) is 18.7 Å². The van der Waals surface area contributed by atoms with Crippen LogP contribution in [-0.2, 0) is 32.1 Å². The first-order valence-electron chi connectivity index (χ1n) is 12.6. The molecule has 0 bridgehead atoms. The fourth-order valence-corrected chi connectivity index (χ4v) is 3.95. The summed E-state index contributed by atoms with van der Waals surface area (Å²) in [5, 5.41) is 0. The Balaban J connectivity index is 2.22.